The molecule has 0 bridgehead atoms. The molecule has 1 aromatic heterocycles. The normalized spacial score (nSPS) is 19.9. The van der Waals surface area contributed by atoms with Gasteiger partial charge < -0.3 is 9.52 Å². The summed E-state index contributed by atoms with van der Waals surface area (Å²) in [4.78, 5) is 6.81. The third-order valence-electron chi connectivity index (χ3n) is 3.82. The lowest BCUT2D eigenvalue weighted by atomic mass is 10.1. The molecule has 1 atom stereocenters. The number of piperidine rings is 1. The van der Waals surface area contributed by atoms with Crippen LogP contribution >= 0.6 is 11.6 Å². The number of rotatable bonds is 3. The summed E-state index contributed by atoms with van der Waals surface area (Å²) in [6, 6.07) is 7.50. The van der Waals surface area contributed by atoms with Crippen molar-refractivity contribution in [1.82, 2.24) is 9.88 Å². The van der Waals surface area contributed by atoms with Gasteiger partial charge in [-0.2, -0.15) is 0 Å². The fourth-order valence-electron chi connectivity index (χ4n) is 2.71. The van der Waals surface area contributed by atoms with Gasteiger partial charge in [0.15, 0.2) is 0 Å². The number of halogens is 1. The average Bonchev–Trinajstić information content (AvgIpc) is 2.80. The number of likely N-dealkylation sites (tertiary alicyclic amines) is 1. The highest BCUT2D eigenvalue weighted by atomic mass is 35.5. The molecule has 1 N–H and O–H groups in total. The zero-order valence-electron chi connectivity index (χ0n) is 12.1. The SMILES string of the molecule is Cc1oc(-c2cccc(Cl)c2)nc1CN1CCCC(O)C1. The maximum Gasteiger partial charge on any atom is 0.226 e. The Balaban J connectivity index is 1.78. The van der Waals surface area contributed by atoms with Crippen LogP contribution in [0.15, 0.2) is 28.7 Å². The molecule has 1 fully saturated rings. The van der Waals surface area contributed by atoms with Crippen molar-refractivity contribution in [2.75, 3.05) is 13.1 Å². The molecule has 1 aromatic carbocycles. The first kappa shape index (κ1) is 14.6. The minimum Gasteiger partial charge on any atom is -0.441 e. The van der Waals surface area contributed by atoms with Crippen molar-refractivity contribution in [1.29, 1.82) is 0 Å². The topological polar surface area (TPSA) is 49.5 Å². The average molecular weight is 307 g/mol. The fourth-order valence-corrected chi connectivity index (χ4v) is 2.90. The van der Waals surface area contributed by atoms with Crippen LogP contribution in [0.25, 0.3) is 11.5 Å². The summed E-state index contributed by atoms with van der Waals surface area (Å²) >= 11 is 6.01. The van der Waals surface area contributed by atoms with Crippen LogP contribution < -0.4 is 0 Å². The molecule has 2 aromatic rings. The number of β-amino-alcohol motifs (C(OH)–C–C–N with tert-alkyl or cyclic N) is 1. The summed E-state index contributed by atoms with van der Waals surface area (Å²) in [5.41, 5.74) is 1.81. The Bertz CT molecular complexity index is 626. The van der Waals surface area contributed by atoms with Gasteiger partial charge in [0, 0.05) is 23.7 Å². The maximum atomic E-state index is 9.74. The number of hydrogen-bond donors (Lipinski definition) is 1. The van der Waals surface area contributed by atoms with E-state index in [1.165, 1.54) is 0 Å². The summed E-state index contributed by atoms with van der Waals surface area (Å²) in [7, 11) is 0. The lowest BCUT2D eigenvalue weighted by molar-refractivity contribution is 0.0660. The highest BCUT2D eigenvalue weighted by molar-refractivity contribution is 6.30. The molecule has 0 spiro atoms. The van der Waals surface area contributed by atoms with Crippen molar-refractivity contribution < 1.29 is 9.52 Å². The minimum atomic E-state index is -0.224. The quantitative estimate of drug-likeness (QED) is 0.945. The molecule has 0 aliphatic carbocycles. The highest BCUT2D eigenvalue weighted by Gasteiger charge is 2.20. The Labute approximate surface area is 129 Å². The summed E-state index contributed by atoms with van der Waals surface area (Å²) in [5.74, 6) is 1.42. The molecule has 0 saturated carbocycles. The Hall–Kier alpha value is -1.36. The third-order valence-corrected chi connectivity index (χ3v) is 4.05. The van der Waals surface area contributed by atoms with E-state index in [1.807, 2.05) is 31.2 Å². The first-order valence-corrected chi connectivity index (χ1v) is 7.62. The van der Waals surface area contributed by atoms with E-state index in [1.54, 1.807) is 0 Å². The Morgan fingerprint density at radius 2 is 2.33 bits per heavy atom. The monoisotopic (exact) mass is 306 g/mol. The van der Waals surface area contributed by atoms with Crippen LogP contribution in [-0.2, 0) is 6.54 Å². The van der Waals surface area contributed by atoms with Gasteiger partial charge in [-0.05, 0) is 44.5 Å². The number of hydrogen-bond acceptors (Lipinski definition) is 4. The largest absolute Gasteiger partial charge is 0.441 e. The molecular formula is C16H19ClN2O2. The van der Waals surface area contributed by atoms with Crippen molar-refractivity contribution >= 4 is 11.6 Å². The molecule has 0 radical (unpaired) electrons. The number of nitrogens with zero attached hydrogens (tertiary/aromatic N) is 2. The summed E-state index contributed by atoms with van der Waals surface area (Å²) < 4.78 is 5.77. The van der Waals surface area contributed by atoms with Gasteiger partial charge in [0.05, 0.1) is 11.8 Å². The van der Waals surface area contributed by atoms with Crippen LogP contribution in [0.2, 0.25) is 5.02 Å². The first-order valence-electron chi connectivity index (χ1n) is 7.24. The predicted octanol–water partition coefficient (Wildman–Crippen LogP) is 3.26. The molecule has 1 unspecified atom stereocenters. The van der Waals surface area contributed by atoms with E-state index in [0.717, 1.165) is 36.4 Å². The predicted molar refractivity (Wildman–Crippen MR) is 82.2 cm³/mol. The van der Waals surface area contributed by atoms with E-state index < -0.39 is 0 Å². The molecule has 5 heteroatoms. The van der Waals surface area contributed by atoms with Crippen LogP contribution in [0.5, 0.6) is 0 Å². The van der Waals surface area contributed by atoms with Crippen LogP contribution in [-0.4, -0.2) is 34.2 Å². The molecule has 1 aliphatic heterocycles. The Kier molecular flexibility index (Phi) is 4.29. The third kappa shape index (κ3) is 3.46. The zero-order chi connectivity index (χ0) is 14.8. The second-order valence-electron chi connectivity index (χ2n) is 5.56. The highest BCUT2D eigenvalue weighted by Crippen LogP contribution is 2.25. The number of aliphatic hydroxyl groups is 1. The fraction of sp³-hybridized carbons (Fsp3) is 0.438. The van der Waals surface area contributed by atoms with Crippen LogP contribution in [0.4, 0.5) is 0 Å². The lowest BCUT2D eigenvalue weighted by Crippen LogP contribution is -2.37. The van der Waals surface area contributed by atoms with Crippen LogP contribution in [0, 0.1) is 6.92 Å². The number of oxazole rings is 1. The number of aryl methyl sites for hydroxylation is 1. The standard InChI is InChI=1S/C16H19ClN2O2/c1-11-15(10-19-7-3-6-14(20)9-19)18-16(21-11)12-4-2-5-13(17)8-12/h2,4-5,8,14,20H,3,6-7,9-10H2,1H3. The molecule has 0 amide bonds. The van der Waals surface area contributed by atoms with Gasteiger partial charge in [-0.1, -0.05) is 17.7 Å². The van der Waals surface area contributed by atoms with E-state index in [4.69, 9.17) is 16.0 Å². The number of benzene rings is 1. The lowest BCUT2D eigenvalue weighted by Gasteiger charge is -2.29. The van der Waals surface area contributed by atoms with E-state index in [-0.39, 0.29) is 6.10 Å². The summed E-state index contributed by atoms with van der Waals surface area (Å²) in [5, 5.41) is 10.4. The molecular weight excluding hydrogens is 288 g/mol. The van der Waals surface area contributed by atoms with Gasteiger partial charge in [-0.25, -0.2) is 4.98 Å². The van der Waals surface area contributed by atoms with Crippen molar-refractivity contribution in [2.24, 2.45) is 0 Å². The smallest absolute Gasteiger partial charge is 0.226 e. The van der Waals surface area contributed by atoms with Gasteiger partial charge in [0.1, 0.15) is 5.76 Å². The van der Waals surface area contributed by atoms with Gasteiger partial charge in [-0.3, -0.25) is 4.90 Å². The van der Waals surface area contributed by atoms with Gasteiger partial charge >= 0.3 is 0 Å². The first-order chi connectivity index (χ1) is 10.1. The molecule has 112 valence electrons. The molecule has 4 nitrogen and oxygen atoms in total. The van der Waals surface area contributed by atoms with Crippen molar-refractivity contribution in [2.45, 2.75) is 32.4 Å². The number of aromatic nitrogens is 1. The zero-order valence-corrected chi connectivity index (χ0v) is 12.8. The van der Waals surface area contributed by atoms with E-state index in [9.17, 15) is 5.11 Å². The maximum absolute atomic E-state index is 9.74. The summed E-state index contributed by atoms with van der Waals surface area (Å²) in [6.07, 6.45) is 1.69. The van der Waals surface area contributed by atoms with Gasteiger partial charge in [-0.15, -0.1) is 0 Å². The molecule has 1 aliphatic rings. The van der Waals surface area contributed by atoms with E-state index in [0.29, 0.717) is 24.0 Å². The molecule has 21 heavy (non-hydrogen) atoms. The van der Waals surface area contributed by atoms with Crippen molar-refractivity contribution in [3.05, 3.63) is 40.7 Å². The molecule has 2 heterocycles. The van der Waals surface area contributed by atoms with Crippen molar-refractivity contribution in [3.63, 3.8) is 0 Å². The van der Waals surface area contributed by atoms with Crippen LogP contribution in [0.1, 0.15) is 24.3 Å². The number of aliphatic hydroxyl groups excluding tert-OH is 1. The van der Waals surface area contributed by atoms with E-state index in [2.05, 4.69) is 9.88 Å². The van der Waals surface area contributed by atoms with Crippen molar-refractivity contribution in [3.8, 4) is 11.5 Å². The van der Waals surface area contributed by atoms with E-state index >= 15 is 0 Å². The second-order valence-corrected chi connectivity index (χ2v) is 6.00. The molecule has 1 saturated heterocycles. The second kappa shape index (κ2) is 6.18. The van der Waals surface area contributed by atoms with Gasteiger partial charge in [0.2, 0.25) is 5.89 Å². The Morgan fingerprint density at radius 1 is 1.48 bits per heavy atom. The minimum absolute atomic E-state index is 0.224. The molecule has 3 rings (SSSR count). The van der Waals surface area contributed by atoms with Gasteiger partial charge in [0.25, 0.3) is 0 Å². The Morgan fingerprint density at radius 3 is 3.10 bits per heavy atom. The van der Waals surface area contributed by atoms with Crippen LogP contribution in [0.3, 0.4) is 0 Å². The summed E-state index contributed by atoms with van der Waals surface area (Å²) in [6.45, 7) is 4.35.